The van der Waals surface area contributed by atoms with Crippen molar-refractivity contribution in [2.24, 2.45) is 11.8 Å². The van der Waals surface area contributed by atoms with Crippen LogP contribution in [-0.4, -0.2) is 13.7 Å². The van der Waals surface area contributed by atoms with E-state index in [1.807, 2.05) is 0 Å². The lowest BCUT2D eigenvalue weighted by Gasteiger charge is -2.28. The van der Waals surface area contributed by atoms with Crippen molar-refractivity contribution in [2.45, 2.75) is 59.4 Å². The van der Waals surface area contributed by atoms with Crippen molar-refractivity contribution < 1.29 is 4.74 Å². The molecule has 1 saturated carbocycles. The Morgan fingerprint density at radius 3 is 2.57 bits per heavy atom. The van der Waals surface area contributed by atoms with E-state index in [0.29, 0.717) is 6.04 Å². The maximum Gasteiger partial charge on any atom is 0.124 e. The van der Waals surface area contributed by atoms with Gasteiger partial charge in [0.25, 0.3) is 0 Å². The molecule has 0 bridgehead atoms. The third-order valence-corrected chi connectivity index (χ3v) is 5.08. The van der Waals surface area contributed by atoms with Gasteiger partial charge in [0.1, 0.15) is 5.75 Å². The van der Waals surface area contributed by atoms with Crippen LogP contribution in [0, 0.1) is 25.7 Å². The molecule has 0 aromatic heterocycles. The summed E-state index contributed by atoms with van der Waals surface area (Å²) in [6.45, 7) is 9.91. The third-order valence-electron chi connectivity index (χ3n) is 5.08. The van der Waals surface area contributed by atoms with E-state index in [1.54, 1.807) is 7.11 Å². The van der Waals surface area contributed by atoms with Gasteiger partial charge in [0.2, 0.25) is 0 Å². The SMILES string of the molecule is CCNC(c1c(C)cc(C)cc1OC)C1CCC(CC)C1. The second-order valence-electron chi connectivity index (χ2n) is 6.58. The van der Waals surface area contributed by atoms with Crippen LogP contribution < -0.4 is 10.1 Å². The van der Waals surface area contributed by atoms with E-state index < -0.39 is 0 Å². The number of benzene rings is 1. The standard InChI is InChI=1S/C19H31NO/c1-6-15-8-9-16(12-15)19(20-7-2)18-14(4)10-13(3)11-17(18)21-5/h10-11,15-16,19-20H,6-9,12H2,1-5H3. The molecule has 3 atom stereocenters. The minimum absolute atomic E-state index is 0.432. The van der Waals surface area contributed by atoms with Gasteiger partial charge in [0.15, 0.2) is 0 Å². The molecule has 1 N–H and O–H groups in total. The lowest BCUT2D eigenvalue weighted by molar-refractivity contribution is 0.338. The molecule has 2 rings (SSSR count). The molecular weight excluding hydrogens is 258 g/mol. The highest BCUT2D eigenvalue weighted by Crippen LogP contribution is 2.43. The van der Waals surface area contributed by atoms with Crippen LogP contribution in [0.5, 0.6) is 5.75 Å². The number of ether oxygens (including phenoxy) is 1. The summed E-state index contributed by atoms with van der Waals surface area (Å²) >= 11 is 0. The predicted octanol–water partition coefficient (Wildman–Crippen LogP) is 4.79. The van der Waals surface area contributed by atoms with E-state index in [9.17, 15) is 0 Å². The second kappa shape index (κ2) is 7.31. The van der Waals surface area contributed by atoms with E-state index in [2.05, 4.69) is 45.1 Å². The van der Waals surface area contributed by atoms with E-state index >= 15 is 0 Å². The predicted molar refractivity (Wildman–Crippen MR) is 90.0 cm³/mol. The van der Waals surface area contributed by atoms with Crippen LogP contribution in [0.3, 0.4) is 0 Å². The molecule has 0 saturated heterocycles. The Morgan fingerprint density at radius 2 is 2.00 bits per heavy atom. The fraction of sp³-hybridized carbons (Fsp3) is 0.684. The molecular formula is C19H31NO. The topological polar surface area (TPSA) is 21.3 Å². The fourth-order valence-corrected chi connectivity index (χ4v) is 4.02. The molecule has 1 aliphatic carbocycles. The number of nitrogens with one attached hydrogen (secondary N) is 1. The molecule has 1 fully saturated rings. The monoisotopic (exact) mass is 289 g/mol. The quantitative estimate of drug-likeness (QED) is 0.813. The van der Waals surface area contributed by atoms with Crippen LogP contribution >= 0.6 is 0 Å². The third kappa shape index (κ3) is 3.60. The summed E-state index contributed by atoms with van der Waals surface area (Å²) in [7, 11) is 1.80. The first-order valence-electron chi connectivity index (χ1n) is 8.49. The van der Waals surface area contributed by atoms with Gasteiger partial charge in [-0.3, -0.25) is 0 Å². The first-order valence-corrected chi connectivity index (χ1v) is 8.49. The van der Waals surface area contributed by atoms with Crippen molar-refractivity contribution in [1.29, 1.82) is 0 Å². The molecule has 21 heavy (non-hydrogen) atoms. The van der Waals surface area contributed by atoms with E-state index in [-0.39, 0.29) is 0 Å². The van der Waals surface area contributed by atoms with Crippen LogP contribution in [0.2, 0.25) is 0 Å². The highest BCUT2D eigenvalue weighted by molar-refractivity contribution is 5.45. The molecule has 0 aliphatic heterocycles. The van der Waals surface area contributed by atoms with Crippen molar-refractivity contribution in [3.8, 4) is 5.75 Å². The molecule has 0 heterocycles. The maximum atomic E-state index is 5.71. The van der Waals surface area contributed by atoms with Gasteiger partial charge in [-0.05, 0) is 62.3 Å². The number of hydrogen-bond donors (Lipinski definition) is 1. The summed E-state index contributed by atoms with van der Waals surface area (Å²) in [5.74, 6) is 2.71. The van der Waals surface area contributed by atoms with Gasteiger partial charge in [0.05, 0.1) is 7.11 Å². The minimum atomic E-state index is 0.432. The molecule has 0 spiro atoms. The van der Waals surface area contributed by atoms with Gasteiger partial charge in [0, 0.05) is 11.6 Å². The van der Waals surface area contributed by atoms with E-state index in [0.717, 1.165) is 24.1 Å². The van der Waals surface area contributed by atoms with Crippen molar-refractivity contribution in [2.75, 3.05) is 13.7 Å². The lowest BCUT2D eigenvalue weighted by Crippen LogP contribution is -2.28. The van der Waals surface area contributed by atoms with Crippen LogP contribution in [0.1, 0.15) is 62.3 Å². The molecule has 1 aromatic carbocycles. The number of rotatable bonds is 6. The summed E-state index contributed by atoms with van der Waals surface area (Å²) in [5.41, 5.74) is 4.02. The zero-order valence-corrected chi connectivity index (χ0v) is 14.3. The zero-order valence-electron chi connectivity index (χ0n) is 14.3. The molecule has 1 aliphatic rings. The lowest BCUT2D eigenvalue weighted by atomic mass is 9.87. The van der Waals surface area contributed by atoms with E-state index in [1.165, 1.54) is 42.4 Å². The average molecular weight is 289 g/mol. The van der Waals surface area contributed by atoms with Gasteiger partial charge in [-0.2, -0.15) is 0 Å². The summed E-state index contributed by atoms with van der Waals surface area (Å²) in [5, 5.41) is 3.74. The van der Waals surface area contributed by atoms with Gasteiger partial charge in [-0.15, -0.1) is 0 Å². The van der Waals surface area contributed by atoms with Gasteiger partial charge < -0.3 is 10.1 Å². The number of hydrogen-bond acceptors (Lipinski definition) is 2. The molecule has 118 valence electrons. The molecule has 2 heteroatoms. The molecule has 3 unspecified atom stereocenters. The summed E-state index contributed by atoms with van der Waals surface area (Å²) < 4.78 is 5.71. The second-order valence-corrected chi connectivity index (χ2v) is 6.58. The Kier molecular flexibility index (Phi) is 5.69. The Bertz CT molecular complexity index is 469. The maximum absolute atomic E-state index is 5.71. The Hall–Kier alpha value is -1.02. The summed E-state index contributed by atoms with van der Waals surface area (Å²) in [6.07, 6.45) is 5.40. The summed E-state index contributed by atoms with van der Waals surface area (Å²) in [4.78, 5) is 0. The van der Waals surface area contributed by atoms with Crippen molar-refractivity contribution >= 4 is 0 Å². The first kappa shape index (κ1) is 16.4. The minimum Gasteiger partial charge on any atom is -0.496 e. The average Bonchev–Trinajstić information content (AvgIpc) is 2.93. The van der Waals surface area contributed by atoms with Crippen molar-refractivity contribution in [3.63, 3.8) is 0 Å². The molecule has 1 aromatic rings. The zero-order chi connectivity index (χ0) is 15.4. The van der Waals surface area contributed by atoms with Crippen LogP contribution in [0.25, 0.3) is 0 Å². The Morgan fingerprint density at radius 1 is 1.24 bits per heavy atom. The molecule has 2 nitrogen and oxygen atoms in total. The molecule has 0 amide bonds. The van der Waals surface area contributed by atoms with Crippen LogP contribution in [0.15, 0.2) is 12.1 Å². The van der Waals surface area contributed by atoms with Crippen molar-refractivity contribution in [3.05, 3.63) is 28.8 Å². The number of aryl methyl sites for hydroxylation is 2. The largest absolute Gasteiger partial charge is 0.496 e. The first-order chi connectivity index (χ1) is 10.1. The summed E-state index contributed by atoms with van der Waals surface area (Å²) in [6, 6.07) is 4.90. The van der Waals surface area contributed by atoms with Crippen molar-refractivity contribution in [1.82, 2.24) is 5.32 Å². The van der Waals surface area contributed by atoms with Crippen LogP contribution in [-0.2, 0) is 0 Å². The van der Waals surface area contributed by atoms with E-state index in [4.69, 9.17) is 4.74 Å². The van der Waals surface area contributed by atoms with Gasteiger partial charge in [-0.25, -0.2) is 0 Å². The molecule has 0 radical (unpaired) electrons. The number of methoxy groups -OCH3 is 1. The normalized spacial score (nSPS) is 23.3. The van der Waals surface area contributed by atoms with Gasteiger partial charge in [-0.1, -0.05) is 32.8 Å². The fourth-order valence-electron chi connectivity index (χ4n) is 4.02. The smallest absolute Gasteiger partial charge is 0.124 e. The van der Waals surface area contributed by atoms with Gasteiger partial charge >= 0.3 is 0 Å². The highest BCUT2D eigenvalue weighted by atomic mass is 16.5. The Balaban J connectivity index is 2.34. The highest BCUT2D eigenvalue weighted by Gasteiger charge is 2.32. The van der Waals surface area contributed by atoms with Crippen LogP contribution in [0.4, 0.5) is 0 Å². The Labute approximate surface area is 130 Å².